The Hall–Kier alpha value is -2.29. The fraction of sp³-hybridized carbons (Fsp3) is 0.100. The van der Waals surface area contributed by atoms with Crippen LogP contribution >= 0.6 is 11.6 Å². The van der Waals surface area contributed by atoms with E-state index in [0.717, 1.165) is 0 Å². The maximum absolute atomic E-state index is 12.6. The lowest BCUT2D eigenvalue weighted by atomic mass is 10.2. The van der Waals surface area contributed by atoms with E-state index in [1.54, 1.807) is 0 Å². The normalized spacial score (nSPS) is 11.4. The molecular weight excluding hydrogens is 299 g/mol. The number of aromatic amines is 1. The van der Waals surface area contributed by atoms with Gasteiger partial charge in [0.2, 0.25) is 0 Å². The number of nitrogens with two attached hydrogens (primary N) is 1. The Balaban J connectivity index is 2.34. The average molecular weight is 306 g/mol. The van der Waals surface area contributed by atoms with Crippen molar-refractivity contribution in [1.29, 1.82) is 0 Å². The Morgan fingerprint density at radius 1 is 1.45 bits per heavy atom. The molecule has 2 aromatic heterocycles. The fourth-order valence-corrected chi connectivity index (χ4v) is 1.64. The first-order valence-corrected chi connectivity index (χ1v) is 5.51. The molecule has 4 N–H and O–H groups in total. The molecule has 106 valence electrons. The predicted molar refractivity (Wildman–Crippen MR) is 65.2 cm³/mol. The SMILES string of the molecule is Nc1cc(C(F)(F)F)c(Cl)nc1C(=O)Nc1ccn[nH]1. The fourth-order valence-electron chi connectivity index (χ4n) is 1.39. The largest absolute Gasteiger partial charge is 0.419 e. The van der Waals surface area contributed by atoms with E-state index in [2.05, 4.69) is 20.5 Å². The van der Waals surface area contributed by atoms with Gasteiger partial charge in [0.05, 0.1) is 17.4 Å². The second-order valence-electron chi connectivity index (χ2n) is 3.69. The molecule has 0 aromatic carbocycles. The van der Waals surface area contributed by atoms with Crippen LogP contribution in [0, 0.1) is 0 Å². The first-order valence-electron chi connectivity index (χ1n) is 5.13. The number of amides is 1. The molecule has 0 fully saturated rings. The summed E-state index contributed by atoms with van der Waals surface area (Å²) in [4.78, 5) is 15.2. The van der Waals surface area contributed by atoms with Crippen molar-refractivity contribution in [1.82, 2.24) is 15.2 Å². The zero-order valence-electron chi connectivity index (χ0n) is 9.62. The highest BCUT2D eigenvalue weighted by Gasteiger charge is 2.35. The molecule has 0 aliphatic carbocycles. The monoisotopic (exact) mass is 305 g/mol. The maximum Gasteiger partial charge on any atom is 0.419 e. The number of aromatic nitrogens is 3. The number of carbonyl (C=O) groups is 1. The van der Waals surface area contributed by atoms with Crippen LogP contribution in [-0.4, -0.2) is 21.1 Å². The van der Waals surface area contributed by atoms with Crippen molar-refractivity contribution in [2.45, 2.75) is 6.18 Å². The second-order valence-corrected chi connectivity index (χ2v) is 4.04. The van der Waals surface area contributed by atoms with Crippen LogP contribution in [0.15, 0.2) is 18.3 Å². The number of carbonyl (C=O) groups excluding carboxylic acids is 1. The Bertz CT molecular complexity index is 641. The van der Waals surface area contributed by atoms with E-state index in [4.69, 9.17) is 17.3 Å². The molecular formula is C10H7ClF3N5O. The Morgan fingerprint density at radius 3 is 2.70 bits per heavy atom. The summed E-state index contributed by atoms with van der Waals surface area (Å²) in [5, 5.41) is 7.51. The van der Waals surface area contributed by atoms with Crippen LogP contribution in [0.5, 0.6) is 0 Å². The van der Waals surface area contributed by atoms with E-state index in [9.17, 15) is 18.0 Å². The number of pyridine rings is 1. The summed E-state index contributed by atoms with van der Waals surface area (Å²) in [6, 6.07) is 2.01. The molecule has 20 heavy (non-hydrogen) atoms. The topological polar surface area (TPSA) is 96.7 Å². The number of nitrogens with zero attached hydrogens (tertiary/aromatic N) is 2. The molecule has 10 heteroatoms. The van der Waals surface area contributed by atoms with Gasteiger partial charge in [0.15, 0.2) is 5.69 Å². The van der Waals surface area contributed by atoms with Crippen LogP contribution in [0.4, 0.5) is 24.7 Å². The maximum atomic E-state index is 12.6. The molecule has 2 rings (SSSR count). The Labute approximate surface area is 115 Å². The summed E-state index contributed by atoms with van der Waals surface area (Å²) in [5.74, 6) is -0.561. The molecule has 6 nitrogen and oxygen atoms in total. The van der Waals surface area contributed by atoms with Crippen molar-refractivity contribution < 1.29 is 18.0 Å². The first kappa shape index (κ1) is 14.1. The summed E-state index contributed by atoms with van der Waals surface area (Å²) >= 11 is 5.43. The lowest BCUT2D eigenvalue weighted by Gasteiger charge is -2.11. The molecule has 0 aliphatic heterocycles. The van der Waals surface area contributed by atoms with Crippen LogP contribution in [0.25, 0.3) is 0 Å². The van der Waals surface area contributed by atoms with Crippen LogP contribution in [-0.2, 0) is 6.18 Å². The van der Waals surface area contributed by atoms with Gasteiger partial charge in [-0.3, -0.25) is 9.89 Å². The number of alkyl halides is 3. The number of anilines is 2. The number of rotatable bonds is 2. The lowest BCUT2D eigenvalue weighted by molar-refractivity contribution is -0.137. The van der Waals surface area contributed by atoms with Gasteiger partial charge in [-0.2, -0.15) is 18.3 Å². The highest BCUT2D eigenvalue weighted by Crippen LogP contribution is 2.35. The Kier molecular flexibility index (Phi) is 3.53. The minimum atomic E-state index is -4.70. The quantitative estimate of drug-likeness (QED) is 0.742. The van der Waals surface area contributed by atoms with Gasteiger partial charge in [0.1, 0.15) is 11.0 Å². The zero-order valence-corrected chi connectivity index (χ0v) is 10.4. The molecule has 0 aliphatic rings. The van der Waals surface area contributed by atoms with Gasteiger partial charge in [0, 0.05) is 6.07 Å². The minimum Gasteiger partial charge on any atom is -0.397 e. The van der Waals surface area contributed by atoms with E-state index in [0.29, 0.717) is 6.07 Å². The van der Waals surface area contributed by atoms with E-state index in [1.807, 2.05) is 0 Å². The molecule has 0 atom stereocenters. The Morgan fingerprint density at radius 2 is 2.15 bits per heavy atom. The van der Waals surface area contributed by atoms with Crippen molar-refractivity contribution in [3.8, 4) is 0 Å². The number of nitrogen functional groups attached to an aromatic ring is 1. The number of hydrogen-bond donors (Lipinski definition) is 3. The molecule has 0 saturated heterocycles. The molecule has 2 aromatic rings. The van der Waals surface area contributed by atoms with Crippen molar-refractivity contribution in [3.63, 3.8) is 0 Å². The van der Waals surface area contributed by atoms with Crippen LogP contribution < -0.4 is 11.1 Å². The van der Waals surface area contributed by atoms with Gasteiger partial charge >= 0.3 is 6.18 Å². The molecule has 0 saturated carbocycles. The predicted octanol–water partition coefficient (Wildman–Crippen LogP) is 2.31. The molecule has 0 radical (unpaired) electrons. The van der Waals surface area contributed by atoms with Gasteiger partial charge in [0.25, 0.3) is 5.91 Å². The highest BCUT2D eigenvalue weighted by atomic mass is 35.5. The summed E-state index contributed by atoms with van der Waals surface area (Å²) in [6.07, 6.45) is -3.32. The summed E-state index contributed by atoms with van der Waals surface area (Å²) in [5.41, 5.74) is 3.37. The van der Waals surface area contributed by atoms with Crippen LogP contribution in [0.3, 0.4) is 0 Å². The average Bonchev–Trinajstić information content (AvgIpc) is 2.82. The van der Waals surface area contributed by atoms with Crippen molar-refractivity contribution in [2.24, 2.45) is 0 Å². The number of H-pyrrole nitrogens is 1. The highest BCUT2D eigenvalue weighted by molar-refractivity contribution is 6.30. The van der Waals surface area contributed by atoms with Gasteiger partial charge in [-0.25, -0.2) is 4.98 Å². The number of nitrogens with one attached hydrogen (secondary N) is 2. The molecule has 0 spiro atoms. The molecule has 2 heterocycles. The third kappa shape index (κ3) is 2.82. The third-order valence-electron chi connectivity index (χ3n) is 2.27. The van der Waals surface area contributed by atoms with E-state index >= 15 is 0 Å². The van der Waals surface area contributed by atoms with Gasteiger partial charge in [-0.1, -0.05) is 11.6 Å². The van der Waals surface area contributed by atoms with Crippen LogP contribution in [0.1, 0.15) is 16.1 Å². The smallest absolute Gasteiger partial charge is 0.397 e. The lowest BCUT2D eigenvalue weighted by Crippen LogP contribution is -2.18. The first-order chi connectivity index (χ1) is 9.29. The van der Waals surface area contributed by atoms with Crippen molar-refractivity contribution >= 4 is 29.0 Å². The number of hydrogen-bond acceptors (Lipinski definition) is 4. The molecule has 0 bridgehead atoms. The third-order valence-corrected chi connectivity index (χ3v) is 2.56. The van der Waals surface area contributed by atoms with E-state index < -0.39 is 34.2 Å². The van der Waals surface area contributed by atoms with Gasteiger partial charge in [-0.05, 0) is 6.07 Å². The van der Waals surface area contributed by atoms with Crippen molar-refractivity contribution in [3.05, 3.63) is 34.7 Å². The van der Waals surface area contributed by atoms with Gasteiger partial charge in [-0.15, -0.1) is 0 Å². The summed E-state index contributed by atoms with van der Waals surface area (Å²) in [7, 11) is 0. The second kappa shape index (κ2) is 5.00. The molecule has 1 amide bonds. The summed E-state index contributed by atoms with van der Waals surface area (Å²) in [6.45, 7) is 0. The standard InChI is InChI=1S/C10H7ClF3N5O/c11-8-4(10(12,13)14)3-5(15)7(18-8)9(20)17-6-1-2-16-19-6/h1-3H,15H2,(H2,16,17,19,20). The number of halogens is 4. The minimum absolute atomic E-state index is 0.243. The van der Waals surface area contributed by atoms with Crippen molar-refractivity contribution in [2.75, 3.05) is 11.1 Å². The van der Waals surface area contributed by atoms with E-state index in [-0.39, 0.29) is 5.82 Å². The zero-order chi connectivity index (χ0) is 14.9. The molecule has 0 unspecified atom stereocenters. The van der Waals surface area contributed by atoms with Crippen LogP contribution in [0.2, 0.25) is 5.15 Å². The van der Waals surface area contributed by atoms with Gasteiger partial charge < -0.3 is 11.1 Å². The summed E-state index contributed by atoms with van der Waals surface area (Å²) < 4.78 is 37.7. The van der Waals surface area contributed by atoms with E-state index in [1.165, 1.54) is 12.3 Å².